The van der Waals surface area contributed by atoms with Crippen LogP contribution in [0.2, 0.25) is 0 Å². The SMILES string of the molecule is COc1cc(C=Cc2ccncc2)ccc1OC(=O)c1cccs1. The van der Waals surface area contributed by atoms with Crippen molar-refractivity contribution in [1.82, 2.24) is 4.98 Å². The van der Waals surface area contributed by atoms with Gasteiger partial charge in [-0.3, -0.25) is 4.98 Å². The summed E-state index contributed by atoms with van der Waals surface area (Å²) in [5.74, 6) is 0.525. The molecule has 0 spiro atoms. The van der Waals surface area contributed by atoms with Crippen LogP contribution in [-0.4, -0.2) is 18.1 Å². The summed E-state index contributed by atoms with van der Waals surface area (Å²) in [5.41, 5.74) is 2.00. The van der Waals surface area contributed by atoms with E-state index in [1.807, 2.05) is 47.9 Å². The van der Waals surface area contributed by atoms with E-state index in [1.54, 1.807) is 31.6 Å². The molecule has 0 aliphatic heterocycles. The molecule has 5 heteroatoms. The zero-order valence-corrected chi connectivity index (χ0v) is 13.8. The first-order valence-corrected chi connectivity index (χ1v) is 8.16. The summed E-state index contributed by atoms with van der Waals surface area (Å²) in [6.07, 6.45) is 7.43. The first-order chi connectivity index (χ1) is 11.8. The van der Waals surface area contributed by atoms with Gasteiger partial charge in [0.05, 0.1) is 7.11 Å². The van der Waals surface area contributed by atoms with Crippen LogP contribution in [0.4, 0.5) is 0 Å². The van der Waals surface area contributed by atoms with E-state index < -0.39 is 0 Å². The first-order valence-electron chi connectivity index (χ1n) is 7.28. The lowest BCUT2D eigenvalue weighted by molar-refractivity contribution is 0.0735. The van der Waals surface area contributed by atoms with E-state index >= 15 is 0 Å². The molecule has 0 N–H and O–H groups in total. The van der Waals surface area contributed by atoms with Crippen molar-refractivity contribution in [3.8, 4) is 11.5 Å². The van der Waals surface area contributed by atoms with Crippen molar-refractivity contribution in [3.05, 3.63) is 76.2 Å². The number of carbonyl (C=O) groups excluding carboxylic acids is 1. The topological polar surface area (TPSA) is 48.4 Å². The molecule has 0 radical (unpaired) electrons. The van der Waals surface area contributed by atoms with Crippen molar-refractivity contribution in [2.45, 2.75) is 0 Å². The van der Waals surface area contributed by atoms with Gasteiger partial charge in [0.15, 0.2) is 11.5 Å². The molecule has 0 unspecified atom stereocenters. The molecule has 0 fully saturated rings. The lowest BCUT2D eigenvalue weighted by atomic mass is 10.1. The summed E-state index contributed by atoms with van der Waals surface area (Å²) in [4.78, 5) is 16.6. The van der Waals surface area contributed by atoms with Gasteiger partial charge >= 0.3 is 5.97 Å². The number of hydrogen-bond acceptors (Lipinski definition) is 5. The summed E-state index contributed by atoms with van der Waals surface area (Å²) in [5, 5.41) is 1.83. The van der Waals surface area contributed by atoms with Crippen LogP contribution < -0.4 is 9.47 Å². The summed E-state index contributed by atoms with van der Waals surface area (Å²) in [6.45, 7) is 0. The van der Waals surface area contributed by atoms with Crippen LogP contribution in [-0.2, 0) is 0 Å². The van der Waals surface area contributed by atoms with Gasteiger partial charge in [-0.25, -0.2) is 4.79 Å². The van der Waals surface area contributed by atoms with E-state index in [2.05, 4.69) is 4.98 Å². The summed E-state index contributed by atoms with van der Waals surface area (Å²) in [6, 6.07) is 12.8. The average molecular weight is 337 g/mol. The number of aromatic nitrogens is 1. The highest BCUT2D eigenvalue weighted by molar-refractivity contribution is 7.12. The molecule has 0 saturated heterocycles. The molecule has 3 rings (SSSR count). The van der Waals surface area contributed by atoms with E-state index in [9.17, 15) is 4.79 Å². The van der Waals surface area contributed by atoms with Gasteiger partial charge in [-0.05, 0) is 46.8 Å². The number of ether oxygens (including phenoxy) is 2. The molecule has 1 aromatic carbocycles. The molecule has 2 aromatic heterocycles. The minimum atomic E-state index is -0.386. The molecule has 2 heterocycles. The lowest BCUT2D eigenvalue weighted by Gasteiger charge is -2.09. The maximum atomic E-state index is 12.1. The predicted octanol–water partition coefficient (Wildman–Crippen LogP) is 4.54. The van der Waals surface area contributed by atoms with Crippen LogP contribution in [0.25, 0.3) is 12.2 Å². The Balaban J connectivity index is 1.78. The van der Waals surface area contributed by atoms with Crippen LogP contribution in [0.1, 0.15) is 20.8 Å². The lowest BCUT2D eigenvalue weighted by Crippen LogP contribution is -2.07. The third-order valence-corrected chi connectivity index (χ3v) is 4.14. The van der Waals surface area contributed by atoms with Crippen LogP contribution in [0.3, 0.4) is 0 Å². The van der Waals surface area contributed by atoms with Gasteiger partial charge in [0.2, 0.25) is 0 Å². The third kappa shape index (κ3) is 3.88. The van der Waals surface area contributed by atoms with E-state index in [4.69, 9.17) is 9.47 Å². The molecular formula is C19H15NO3S. The fourth-order valence-electron chi connectivity index (χ4n) is 2.08. The van der Waals surface area contributed by atoms with E-state index in [0.29, 0.717) is 16.4 Å². The number of thiophene rings is 1. The minimum Gasteiger partial charge on any atom is -0.493 e. The minimum absolute atomic E-state index is 0.386. The van der Waals surface area contributed by atoms with E-state index in [1.165, 1.54) is 11.3 Å². The van der Waals surface area contributed by atoms with E-state index in [-0.39, 0.29) is 5.97 Å². The van der Waals surface area contributed by atoms with Crippen molar-refractivity contribution < 1.29 is 14.3 Å². The first kappa shape index (κ1) is 16.0. The maximum absolute atomic E-state index is 12.1. The Labute approximate surface area is 144 Å². The second kappa shape index (κ2) is 7.57. The predicted molar refractivity (Wildman–Crippen MR) is 95.4 cm³/mol. The van der Waals surface area contributed by atoms with Crippen LogP contribution in [0.5, 0.6) is 11.5 Å². The Morgan fingerprint density at radius 3 is 2.54 bits per heavy atom. The highest BCUT2D eigenvalue weighted by Crippen LogP contribution is 2.30. The van der Waals surface area contributed by atoms with Gasteiger partial charge in [-0.15, -0.1) is 11.3 Å². The second-order valence-electron chi connectivity index (χ2n) is 4.89. The number of carbonyl (C=O) groups is 1. The summed E-state index contributed by atoms with van der Waals surface area (Å²) >= 11 is 1.34. The van der Waals surface area contributed by atoms with Crippen molar-refractivity contribution in [2.75, 3.05) is 7.11 Å². The maximum Gasteiger partial charge on any atom is 0.353 e. The number of pyridine rings is 1. The van der Waals surface area contributed by atoms with Gasteiger partial charge in [0, 0.05) is 12.4 Å². The van der Waals surface area contributed by atoms with Crippen molar-refractivity contribution in [1.29, 1.82) is 0 Å². The fraction of sp³-hybridized carbons (Fsp3) is 0.0526. The number of hydrogen-bond donors (Lipinski definition) is 0. The average Bonchev–Trinajstić information content (AvgIpc) is 3.16. The highest BCUT2D eigenvalue weighted by atomic mass is 32.1. The number of benzene rings is 1. The monoisotopic (exact) mass is 337 g/mol. The molecular weight excluding hydrogens is 322 g/mol. The Morgan fingerprint density at radius 1 is 1.04 bits per heavy atom. The number of methoxy groups -OCH3 is 1. The zero-order chi connectivity index (χ0) is 16.8. The fourth-order valence-corrected chi connectivity index (χ4v) is 2.68. The molecule has 0 bridgehead atoms. The zero-order valence-electron chi connectivity index (χ0n) is 13.0. The van der Waals surface area contributed by atoms with Gasteiger partial charge in [0.25, 0.3) is 0 Å². The molecule has 0 saturated carbocycles. The Morgan fingerprint density at radius 2 is 1.83 bits per heavy atom. The molecule has 24 heavy (non-hydrogen) atoms. The largest absolute Gasteiger partial charge is 0.493 e. The van der Waals surface area contributed by atoms with Gasteiger partial charge in [0.1, 0.15) is 4.88 Å². The molecule has 0 aliphatic carbocycles. The molecule has 3 aromatic rings. The van der Waals surface area contributed by atoms with Crippen LogP contribution in [0, 0.1) is 0 Å². The van der Waals surface area contributed by atoms with Crippen LogP contribution in [0.15, 0.2) is 60.2 Å². The van der Waals surface area contributed by atoms with Gasteiger partial charge in [-0.1, -0.05) is 24.3 Å². The third-order valence-electron chi connectivity index (χ3n) is 3.29. The highest BCUT2D eigenvalue weighted by Gasteiger charge is 2.13. The van der Waals surface area contributed by atoms with Gasteiger partial charge < -0.3 is 9.47 Å². The van der Waals surface area contributed by atoms with Crippen molar-refractivity contribution in [2.24, 2.45) is 0 Å². The molecule has 120 valence electrons. The van der Waals surface area contributed by atoms with Gasteiger partial charge in [-0.2, -0.15) is 0 Å². The molecule has 4 nitrogen and oxygen atoms in total. The van der Waals surface area contributed by atoms with Crippen molar-refractivity contribution in [3.63, 3.8) is 0 Å². The molecule has 0 amide bonds. The smallest absolute Gasteiger partial charge is 0.353 e. The molecule has 0 aliphatic rings. The Bertz CT molecular complexity index is 842. The normalized spacial score (nSPS) is 10.7. The quantitative estimate of drug-likeness (QED) is 0.506. The second-order valence-corrected chi connectivity index (χ2v) is 5.84. The summed E-state index contributed by atoms with van der Waals surface area (Å²) < 4.78 is 10.8. The number of nitrogens with zero attached hydrogens (tertiary/aromatic N) is 1. The standard InChI is InChI=1S/C19H15NO3S/c1-22-17-13-15(5-4-14-8-10-20-11-9-14)6-7-16(17)23-19(21)18-3-2-12-24-18/h2-13H,1H3. The Hall–Kier alpha value is -2.92. The number of rotatable bonds is 5. The van der Waals surface area contributed by atoms with E-state index in [0.717, 1.165) is 11.1 Å². The molecule has 0 atom stereocenters. The van der Waals surface area contributed by atoms with Crippen molar-refractivity contribution >= 4 is 29.5 Å². The summed E-state index contributed by atoms with van der Waals surface area (Å²) in [7, 11) is 1.55. The number of esters is 1. The van der Waals surface area contributed by atoms with Crippen LogP contribution >= 0.6 is 11.3 Å². The Kier molecular flexibility index (Phi) is 5.03.